The second kappa shape index (κ2) is 6.27. The second-order valence-corrected chi connectivity index (χ2v) is 7.48. The van der Waals surface area contributed by atoms with Gasteiger partial charge in [0.05, 0.1) is 18.4 Å². The van der Waals surface area contributed by atoms with Crippen LogP contribution in [-0.2, 0) is 4.74 Å². The van der Waals surface area contributed by atoms with Crippen LogP contribution in [0.5, 0.6) is 5.75 Å². The number of benzene rings is 1. The Kier molecular flexibility index (Phi) is 4.57. The molecule has 1 spiro atoms. The number of halogens is 1. The summed E-state index contributed by atoms with van der Waals surface area (Å²) >= 11 is 8.18. The lowest BCUT2D eigenvalue weighted by Crippen LogP contribution is -2.44. The van der Waals surface area contributed by atoms with Crippen molar-refractivity contribution >= 4 is 29.1 Å². The minimum Gasteiger partial charge on any atom is -0.495 e. The first-order chi connectivity index (χ1) is 10.1. The standard InChI is InChI=1S/C16H22ClNO2S/c1-11-7-14(15(19-2)8-13(11)17)18-12-3-5-20-16(9-12)4-6-21-10-16/h7-8,12,18H,3-6,9-10H2,1-2H3. The van der Waals surface area contributed by atoms with E-state index in [1.54, 1.807) is 7.11 Å². The van der Waals surface area contributed by atoms with E-state index in [2.05, 4.69) is 11.4 Å². The quantitative estimate of drug-likeness (QED) is 0.904. The van der Waals surface area contributed by atoms with Crippen LogP contribution < -0.4 is 10.1 Å². The van der Waals surface area contributed by atoms with Gasteiger partial charge in [-0.3, -0.25) is 0 Å². The monoisotopic (exact) mass is 327 g/mol. The molecule has 0 aromatic heterocycles. The average Bonchev–Trinajstić information content (AvgIpc) is 2.90. The Morgan fingerprint density at radius 3 is 3.05 bits per heavy atom. The van der Waals surface area contributed by atoms with Crippen LogP contribution in [0, 0.1) is 6.92 Å². The number of hydrogen-bond acceptors (Lipinski definition) is 4. The maximum Gasteiger partial charge on any atom is 0.143 e. The summed E-state index contributed by atoms with van der Waals surface area (Å²) in [5, 5.41) is 4.39. The summed E-state index contributed by atoms with van der Waals surface area (Å²) in [4.78, 5) is 0. The highest BCUT2D eigenvalue weighted by Crippen LogP contribution is 2.40. The van der Waals surface area contributed by atoms with E-state index in [-0.39, 0.29) is 5.60 Å². The molecular weight excluding hydrogens is 306 g/mol. The summed E-state index contributed by atoms with van der Waals surface area (Å²) in [5.41, 5.74) is 2.19. The molecule has 21 heavy (non-hydrogen) atoms. The van der Waals surface area contributed by atoms with Gasteiger partial charge in [-0.1, -0.05) is 11.6 Å². The Hall–Kier alpha value is -0.580. The van der Waals surface area contributed by atoms with Crippen molar-refractivity contribution in [3.05, 3.63) is 22.7 Å². The van der Waals surface area contributed by atoms with Crippen molar-refractivity contribution in [2.75, 3.05) is 30.5 Å². The molecule has 2 unspecified atom stereocenters. The molecule has 2 aliphatic rings. The number of thioether (sulfide) groups is 1. The van der Waals surface area contributed by atoms with Crippen LogP contribution in [0.2, 0.25) is 5.02 Å². The summed E-state index contributed by atoms with van der Waals surface area (Å²) < 4.78 is 11.5. The molecule has 1 aromatic carbocycles. The van der Waals surface area contributed by atoms with E-state index < -0.39 is 0 Å². The lowest BCUT2D eigenvalue weighted by Gasteiger charge is -2.38. The third-order valence-electron chi connectivity index (χ3n) is 4.40. The highest BCUT2D eigenvalue weighted by molar-refractivity contribution is 7.99. The van der Waals surface area contributed by atoms with E-state index in [0.29, 0.717) is 6.04 Å². The van der Waals surface area contributed by atoms with Crippen molar-refractivity contribution in [3.63, 3.8) is 0 Å². The summed E-state index contributed by atoms with van der Waals surface area (Å²) in [5.74, 6) is 3.16. The van der Waals surface area contributed by atoms with Crippen LogP contribution in [0.4, 0.5) is 5.69 Å². The minimum atomic E-state index is 0.0925. The molecule has 2 heterocycles. The van der Waals surface area contributed by atoms with Gasteiger partial charge in [-0.15, -0.1) is 0 Å². The van der Waals surface area contributed by atoms with Crippen molar-refractivity contribution in [2.24, 2.45) is 0 Å². The van der Waals surface area contributed by atoms with Gasteiger partial charge in [0.1, 0.15) is 5.75 Å². The normalized spacial score (nSPS) is 28.8. The first-order valence-corrected chi connectivity index (χ1v) is 8.97. The smallest absolute Gasteiger partial charge is 0.143 e. The molecule has 0 bridgehead atoms. The second-order valence-electron chi connectivity index (χ2n) is 5.97. The first kappa shape index (κ1) is 15.3. The fraction of sp³-hybridized carbons (Fsp3) is 0.625. The Balaban J connectivity index is 1.75. The van der Waals surface area contributed by atoms with Gasteiger partial charge in [0.2, 0.25) is 0 Å². The highest BCUT2D eigenvalue weighted by atomic mass is 35.5. The maximum atomic E-state index is 6.18. The van der Waals surface area contributed by atoms with Gasteiger partial charge in [-0.2, -0.15) is 11.8 Å². The molecule has 0 radical (unpaired) electrons. The Labute approximate surface area is 135 Å². The SMILES string of the molecule is COc1cc(Cl)c(C)cc1NC1CCOC2(CCSC2)C1. The molecule has 0 aliphatic carbocycles. The Bertz CT molecular complexity index is 517. The number of aryl methyl sites for hydroxylation is 1. The molecule has 2 atom stereocenters. The van der Waals surface area contributed by atoms with Gasteiger partial charge < -0.3 is 14.8 Å². The molecular formula is C16H22ClNO2S. The molecule has 1 aromatic rings. The zero-order valence-electron chi connectivity index (χ0n) is 12.6. The van der Waals surface area contributed by atoms with E-state index in [4.69, 9.17) is 21.1 Å². The largest absolute Gasteiger partial charge is 0.495 e. The van der Waals surface area contributed by atoms with E-state index in [9.17, 15) is 0 Å². The molecule has 1 N–H and O–H groups in total. The predicted molar refractivity (Wildman–Crippen MR) is 90.0 cm³/mol. The average molecular weight is 328 g/mol. The molecule has 3 nitrogen and oxygen atoms in total. The number of rotatable bonds is 3. The van der Waals surface area contributed by atoms with Gasteiger partial charge in [0.15, 0.2) is 0 Å². The Morgan fingerprint density at radius 2 is 2.33 bits per heavy atom. The summed E-state index contributed by atoms with van der Waals surface area (Å²) in [6.07, 6.45) is 3.29. The van der Waals surface area contributed by atoms with Crippen LogP contribution in [-0.4, -0.2) is 36.9 Å². The lowest BCUT2D eigenvalue weighted by atomic mass is 9.89. The van der Waals surface area contributed by atoms with E-state index in [1.165, 1.54) is 12.2 Å². The van der Waals surface area contributed by atoms with Gasteiger partial charge >= 0.3 is 0 Å². The number of anilines is 1. The summed E-state index contributed by atoms with van der Waals surface area (Å²) in [6.45, 7) is 2.86. The molecule has 3 rings (SSSR count). The van der Waals surface area contributed by atoms with Gasteiger partial charge in [0.25, 0.3) is 0 Å². The number of ether oxygens (including phenoxy) is 2. The molecule has 0 saturated carbocycles. The summed E-state index contributed by atoms with van der Waals surface area (Å²) in [6, 6.07) is 4.40. The van der Waals surface area contributed by atoms with Crippen LogP contribution in [0.25, 0.3) is 0 Å². The number of methoxy groups -OCH3 is 1. The van der Waals surface area contributed by atoms with Crippen molar-refractivity contribution in [2.45, 2.75) is 37.8 Å². The first-order valence-electron chi connectivity index (χ1n) is 7.44. The van der Waals surface area contributed by atoms with Gasteiger partial charge in [0, 0.05) is 29.5 Å². The van der Waals surface area contributed by atoms with E-state index >= 15 is 0 Å². The van der Waals surface area contributed by atoms with Crippen molar-refractivity contribution in [1.82, 2.24) is 0 Å². The Morgan fingerprint density at radius 1 is 1.48 bits per heavy atom. The summed E-state index contributed by atoms with van der Waals surface area (Å²) in [7, 11) is 1.69. The van der Waals surface area contributed by atoms with Crippen LogP contribution in [0.15, 0.2) is 12.1 Å². The number of nitrogens with one attached hydrogen (secondary N) is 1. The highest BCUT2D eigenvalue weighted by Gasteiger charge is 2.40. The zero-order valence-corrected chi connectivity index (χ0v) is 14.1. The predicted octanol–water partition coefficient (Wildman–Crippen LogP) is 4.12. The third-order valence-corrected chi connectivity index (χ3v) is 6.03. The van der Waals surface area contributed by atoms with Crippen molar-refractivity contribution in [3.8, 4) is 5.75 Å². The number of hydrogen-bond donors (Lipinski definition) is 1. The van der Waals surface area contributed by atoms with Crippen LogP contribution in [0.3, 0.4) is 0 Å². The lowest BCUT2D eigenvalue weighted by molar-refractivity contribution is -0.0628. The van der Waals surface area contributed by atoms with Crippen LogP contribution >= 0.6 is 23.4 Å². The topological polar surface area (TPSA) is 30.5 Å². The molecule has 116 valence electrons. The molecule has 0 amide bonds. The van der Waals surface area contributed by atoms with Crippen molar-refractivity contribution < 1.29 is 9.47 Å². The van der Waals surface area contributed by atoms with Crippen molar-refractivity contribution in [1.29, 1.82) is 0 Å². The fourth-order valence-electron chi connectivity index (χ4n) is 3.18. The van der Waals surface area contributed by atoms with E-state index in [1.807, 2.05) is 24.8 Å². The molecule has 2 aliphatic heterocycles. The molecule has 2 saturated heterocycles. The van der Waals surface area contributed by atoms with E-state index in [0.717, 1.165) is 47.2 Å². The third kappa shape index (κ3) is 3.27. The fourth-order valence-corrected chi connectivity index (χ4v) is 4.71. The molecule has 5 heteroatoms. The zero-order chi connectivity index (χ0) is 14.9. The maximum absolute atomic E-state index is 6.18. The minimum absolute atomic E-state index is 0.0925. The van der Waals surface area contributed by atoms with Gasteiger partial charge in [-0.25, -0.2) is 0 Å². The molecule has 2 fully saturated rings. The van der Waals surface area contributed by atoms with Gasteiger partial charge in [-0.05, 0) is 43.6 Å². The van der Waals surface area contributed by atoms with Crippen LogP contribution in [0.1, 0.15) is 24.8 Å².